The number of carbonyl (C=O) groups excluding carboxylic acids is 1. The van der Waals surface area contributed by atoms with Gasteiger partial charge < -0.3 is 26.2 Å². The summed E-state index contributed by atoms with van der Waals surface area (Å²) >= 11 is 0. The highest BCUT2D eigenvalue weighted by atomic mass is 16.2. The predicted octanol–water partition coefficient (Wildman–Crippen LogP) is -2.46. The van der Waals surface area contributed by atoms with Crippen LogP contribution in [-0.4, -0.2) is 55.3 Å². The number of nitrogens with two attached hydrogens (primary N) is 1. The molecule has 11 heavy (non-hydrogen) atoms. The maximum Gasteiger partial charge on any atom is 0.204 e. The number of hydrogen-bond donors (Lipinski definition) is 5. The highest BCUT2D eigenvalue weighted by molar-refractivity contribution is 5.42. The van der Waals surface area contributed by atoms with Crippen molar-refractivity contribution in [3.8, 4) is 0 Å². The number of carbonyl (C=O) groups is 1. The molecule has 6 N–H and O–H groups in total. The lowest BCUT2D eigenvalue weighted by molar-refractivity contribution is -0.106. The summed E-state index contributed by atoms with van der Waals surface area (Å²) in [6.45, 7) is 0. The fourth-order valence-corrected chi connectivity index (χ4v) is 0. The van der Waals surface area contributed by atoms with Crippen LogP contribution in [0, 0.1) is 0 Å². The first-order valence-corrected chi connectivity index (χ1v) is 2.36. The Bertz CT molecular complexity index is 22.3. The Hall–Kier alpha value is -0.690. The van der Waals surface area contributed by atoms with Crippen molar-refractivity contribution in [3.05, 3.63) is 0 Å². The van der Waals surface area contributed by atoms with Gasteiger partial charge in [-0.15, -0.1) is 0 Å². The van der Waals surface area contributed by atoms with E-state index in [-0.39, 0.29) is 6.41 Å². The van der Waals surface area contributed by atoms with Gasteiger partial charge in [0.15, 0.2) is 0 Å². The highest BCUT2D eigenvalue weighted by Gasteiger charge is 1.19. The van der Waals surface area contributed by atoms with Crippen molar-refractivity contribution in [2.45, 2.75) is 0 Å². The summed E-state index contributed by atoms with van der Waals surface area (Å²) in [7, 11) is 4.00. The lowest BCUT2D eigenvalue weighted by Gasteiger charge is -1.32. The predicted molar refractivity (Wildman–Crippen MR) is 42.8 cm³/mol. The van der Waals surface area contributed by atoms with Crippen LogP contribution >= 0.6 is 0 Å². The second-order valence-electron chi connectivity index (χ2n) is 0.136. The van der Waals surface area contributed by atoms with Gasteiger partial charge in [-0.05, 0) is 0 Å². The van der Waals surface area contributed by atoms with E-state index in [2.05, 4.69) is 5.73 Å². The average Bonchev–Trinajstić information content (AvgIpc) is 2.18. The number of rotatable bonds is 0. The quantitative estimate of drug-likeness (QED) is 0.260. The summed E-state index contributed by atoms with van der Waals surface area (Å²) in [5.74, 6) is 0. The van der Waals surface area contributed by atoms with Crippen LogP contribution in [0.25, 0.3) is 0 Å². The molecular weight excluding hydrogens is 154 g/mol. The van der Waals surface area contributed by atoms with Gasteiger partial charge in [-0.1, -0.05) is 0 Å². The lowest BCUT2D eigenvalue weighted by Crippen LogP contribution is -1.82. The normalized spacial score (nSPS) is 3.27. The van der Waals surface area contributed by atoms with Crippen LogP contribution in [0.3, 0.4) is 0 Å². The molecule has 0 fully saturated rings. The Morgan fingerprint density at radius 1 is 0.818 bits per heavy atom. The number of aliphatic hydroxyl groups excluding tert-OH is 4. The maximum absolute atomic E-state index is 8.58. The third-order valence-electron chi connectivity index (χ3n) is 0. The standard InChI is InChI=1S/CH3NO.4CH4O/c2-1-3;4*1-2/h1H,(H2,2,3);4*2H,1H3. The zero-order valence-electron chi connectivity index (χ0n) is 7.35. The Kier molecular flexibility index (Phi) is 19300. The van der Waals surface area contributed by atoms with Crippen molar-refractivity contribution in [3.63, 3.8) is 0 Å². The van der Waals surface area contributed by atoms with E-state index in [9.17, 15) is 0 Å². The van der Waals surface area contributed by atoms with E-state index in [0.29, 0.717) is 0 Å². The van der Waals surface area contributed by atoms with Crippen molar-refractivity contribution < 1.29 is 25.2 Å². The molecule has 0 aliphatic rings. The van der Waals surface area contributed by atoms with E-state index in [4.69, 9.17) is 25.2 Å². The molecule has 0 unspecified atom stereocenters. The third-order valence-corrected chi connectivity index (χ3v) is 0. The minimum atomic E-state index is 0.250. The largest absolute Gasteiger partial charge is 0.400 e. The van der Waals surface area contributed by atoms with Crippen LogP contribution in [0.2, 0.25) is 0 Å². The van der Waals surface area contributed by atoms with Crippen LogP contribution in [0.5, 0.6) is 0 Å². The average molecular weight is 173 g/mol. The first kappa shape index (κ1) is 31.7. The van der Waals surface area contributed by atoms with E-state index in [1.807, 2.05) is 0 Å². The maximum atomic E-state index is 8.58. The second kappa shape index (κ2) is 6690. The van der Waals surface area contributed by atoms with Crippen LogP contribution in [0.15, 0.2) is 0 Å². The lowest BCUT2D eigenvalue weighted by atomic mass is 11.5. The van der Waals surface area contributed by atoms with Crippen LogP contribution in [0.4, 0.5) is 0 Å². The van der Waals surface area contributed by atoms with Crippen molar-refractivity contribution >= 4 is 6.41 Å². The van der Waals surface area contributed by atoms with E-state index in [1.54, 1.807) is 0 Å². The Morgan fingerprint density at radius 2 is 0.818 bits per heavy atom. The summed E-state index contributed by atoms with van der Waals surface area (Å²) in [6, 6.07) is 0. The monoisotopic (exact) mass is 173 g/mol. The Balaban J connectivity index is -0.0000000139. The molecule has 0 radical (unpaired) electrons. The molecule has 0 aromatic rings. The zero-order chi connectivity index (χ0) is 10.7. The molecular formula is C5H19NO5. The van der Waals surface area contributed by atoms with Gasteiger partial charge in [-0.25, -0.2) is 0 Å². The smallest absolute Gasteiger partial charge is 0.204 e. The van der Waals surface area contributed by atoms with Gasteiger partial charge in [0.05, 0.1) is 0 Å². The molecule has 0 aromatic heterocycles. The van der Waals surface area contributed by atoms with Gasteiger partial charge in [0.2, 0.25) is 6.41 Å². The van der Waals surface area contributed by atoms with Crippen molar-refractivity contribution in [2.75, 3.05) is 28.4 Å². The van der Waals surface area contributed by atoms with Crippen molar-refractivity contribution in [2.24, 2.45) is 5.73 Å². The van der Waals surface area contributed by atoms with Gasteiger partial charge in [-0.3, -0.25) is 4.79 Å². The van der Waals surface area contributed by atoms with Gasteiger partial charge in [0, 0.05) is 28.4 Å². The Labute approximate surface area is 66.9 Å². The molecule has 0 atom stereocenters. The molecule has 0 aromatic carbocycles. The van der Waals surface area contributed by atoms with Gasteiger partial charge in [-0.2, -0.15) is 0 Å². The van der Waals surface area contributed by atoms with Gasteiger partial charge in [0.1, 0.15) is 0 Å². The molecule has 0 aliphatic heterocycles. The fourth-order valence-electron chi connectivity index (χ4n) is 0. The molecule has 0 rings (SSSR count). The Morgan fingerprint density at radius 3 is 0.818 bits per heavy atom. The molecule has 6 heteroatoms. The number of primary amides is 1. The highest BCUT2D eigenvalue weighted by Crippen LogP contribution is 0.799. The van der Waals surface area contributed by atoms with E-state index >= 15 is 0 Å². The first-order chi connectivity index (χ1) is 5.41. The molecule has 74 valence electrons. The van der Waals surface area contributed by atoms with Crippen LogP contribution < -0.4 is 5.73 Å². The number of amides is 1. The molecule has 0 spiro atoms. The molecule has 1 amide bonds. The molecule has 0 saturated heterocycles. The zero-order valence-corrected chi connectivity index (χ0v) is 7.35. The molecule has 0 heterocycles. The molecule has 0 aliphatic carbocycles. The number of hydrogen-bond acceptors (Lipinski definition) is 5. The second-order valence-corrected chi connectivity index (χ2v) is 0.136. The molecule has 0 bridgehead atoms. The first-order valence-electron chi connectivity index (χ1n) is 2.36. The van der Waals surface area contributed by atoms with E-state index in [0.717, 1.165) is 28.4 Å². The van der Waals surface area contributed by atoms with Crippen molar-refractivity contribution in [1.82, 2.24) is 0 Å². The van der Waals surface area contributed by atoms with E-state index < -0.39 is 0 Å². The number of aliphatic hydroxyl groups is 4. The third kappa shape index (κ3) is 1040. The van der Waals surface area contributed by atoms with Crippen molar-refractivity contribution in [1.29, 1.82) is 0 Å². The summed E-state index contributed by atoms with van der Waals surface area (Å²) in [6.07, 6.45) is 0.250. The summed E-state index contributed by atoms with van der Waals surface area (Å²) in [5.41, 5.74) is 4.17. The summed E-state index contributed by atoms with van der Waals surface area (Å²) in [4.78, 5) is 8.58. The summed E-state index contributed by atoms with van der Waals surface area (Å²) in [5, 5.41) is 28.0. The molecule has 0 saturated carbocycles. The van der Waals surface area contributed by atoms with Gasteiger partial charge in [0.25, 0.3) is 0 Å². The molecule has 6 nitrogen and oxygen atoms in total. The minimum Gasteiger partial charge on any atom is -0.400 e. The van der Waals surface area contributed by atoms with Crippen LogP contribution in [0.1, 0.15) is 0 Å². The van der Waals surface area contributed by atoms with E-state index in [1.165, 1.54) is 0 Å². The summed E-state index contributed by atoms with van der Waals surface area (Å²) < 4.78 is 0. The minimum absolute atomic E-state index is 0.250. The SMILES string of the molecule is CO.CO.CO.CO.NC=O. The topological polar surface area (TPSA) is 124 Å². The van der Waals surface area contributed by atoms with Crippen LogP contribution in [-0.2, 0) is 4.79 Å². The van der Waals surface area contributed by atoms with Gasteiger partial charge >= 0.3 is 0 Å². The fraction of sp³-hybridized carbons (Fsp3) is 0.800.